The van der Waals surface area contributed by atoms with Crippen LogP contribution in [-0.4, -0.2) is 21.1 Å². The first kappa shape index (κ1) is 15.7. The number of Topliss-reactive ketones (excluding diaryl/α,β-unsaturated/α-hetero) is 2. The number of hydrogen-bond acceptors (Lipinski definition) is 3. The molecule has 0 saturated heterocycles. The number of nitrogens with zero attached hydrogens (tertiary/aromatic N) is 2. The third-order valence-electron chi connectivity index (χ3n) is 7.63. The lowest BCUT2D eigenvalue weighted by Crippen LogP contribution is -2.54. The Bertz CT molecular complexity index is 976. The van der Waals surface area contributed by atoms with E-state index in [0.717, 1.165) is 30.5 Å². The molecule has 3 atom stereocenters. The van der Waals surface area contributed by atoms with Gasteiger partial charge in [0.05, 0.1) is 24.3 Å². The molecule has 5 aliphatic rings. The molecule has 7 rings (SSSR count). The zero-order chi connectivity index (χ0) is 18.3. The van der Waals surface area contributed by atoms with Crippen molar-refractivity contribution in [1.29, 1.82) is 0 Å². The van der Waals surface area contributed by atoms with Crippen molar-refractivity contribution in [3.63, 3.8) is 0 Å². The summed E-state index contributed by atoms with van der Waals surface area (Å²) in [5.41, 5.74) is 1.97. The second-order valence-electron chi connectivity index (χ2n) is 9.06. The van der Waals surface area contributed by atoms with Crippen molar-refractivity contribution < 1.29 is 14.0 Å². The van der Waals surface area contributed by atoms with Crippen molar-refractivity contribution >= 4 is 11.6 Å². The Hall–Kier alpha value is -2.30. The molecule has 1 aromatic heterocycles. The number of rotatable bonds is 3. The average molecular weight is 364 g/mol. The maximum Gasteiger partial charge on any atom is 0.141 e. The number of aromatic nitrogens is 2. The van der Waals surface area contributed by atoms with Crippen molar-refractivity contribution in [2.45, 2.75) is 44.6 Å². The highest BCUT2D eigenvalue weighted by atomic mass is 19.1. The smallest absolute Gasteiger partial charge is 0.141 e. The predicted octanol–water partition coefficient (Wildman–Crippen LogP) is 3.95. The summed E-state index contributed by atoms with van der Waals surface area (Å²) in [6.07, 6.45) is 8.02. The highest BCUT2D eigenvalue weighted by Crippen LogP contribution is 2.60. The van der Waals surface area contributed by atoms with Gasteiger partial charge >= 0.3 is 0 Å². The first-order valence-electron chi connectivity index (χ1n) is 9.93. The second kappa shape index (κ2) is 5.15. The van der Waals surface area contributed by atoms with Gasteiger partial charge in [-0.05, 0) is 44.1 Å². The van der Waals surface area contributed by atoms with Crippen LogP contribution in [0.1, 0.15) is 50.1 Å². The van der Waals surface area contributed by atoms with Crippen molar-refractivity contribution in [3.05, 3.63) is 42.1 Å². The molecule has 0 amide bonds. The number of carbonyl (C=O) groups is 2. The molecule has 0 N–H and O–H groups in total. The van der Waals surface area contributed by atoms with Gasteiger partial charge in [-0.3, -0.25) is 9.59 Å². The fourth-order valence-corrected chi connectivity index (χ4v) is 6.68. The average Bonchev–Trinajstić information content (AvgIpc) is 3.22. The minimum absolute atomic E-state index is 0.0802. The summed E-state index contributed by atoms with van der Waals surface area (Å²) in [6.45, 7) is 0. The molecule has 2 heterocycles. The number of imidazole rings is 1. The zero-order valence-corrected chi connectivity index (χ0v) is 15.0. The summed E-state index contributed by atoms with van der Waals surface area (Å²) < 4.78 is 16.6. The lowest BCUT2D eigenvalue weighted by molar-refractivity contribution is -0.156. The van der Waals surface area contributed by atoms with E-state index in [-0.39, 0.29) is 41.3 Å². The standard InChI is InChI=1S/C22H21FN2O2/c23-16-3-1-2-15-18-10-24-11-25(18)17(20(15)16)6-19(26)22-7-12-4-13(8-22)21(27)14(5-12)9-22/h1-3,10-14,17H,4-9H2. The van der Waals surface area contributed by atoms with Gasteiger partial charge in [-0.2, -0.15) is 0 Å². The Morgan fingerprint density at radius 3 is 2.78 bits per heavy atom. The highest BCUT2D eigenvalue weighted by Gasteiger charge is 2.58. The van der Waals surface area contributed by atoms with Gasteiger partial charge < -0.3 is 4.57 Å². The summed E-state index contributed by atoms with van der Waals surface area (Å²) >= 11 is 0. The Morgan fingerprint density at radius 2 is 2.00 bits per heavy atom. The van der Waals surface area contributed by atoms with Crippen LogP contribution in [0.5, 0.6) is 0 Å². The van der Waals surface area contributed by atoms with Crippen LogP contribution in [0.3, 0.4) is 0 Å². The number of benzene rings is 1. The molecule has 4 nitrogen and oxygen atoms in total. The molecule has 27 heavy (non-hydrogen) atoms. The van der Waals surface area contributed by atoms with Crippen LogP contribution in [-0.2, 0) is 9.59 Å². The van der Waals surface area contributed by atoms with Crippen LogP contribution < -0.4 is 0 Å². The summed E-state index contributed by atoms with van der Waals surface area (Å²) in [7, 11) is 0. The van der Waals surface area contributed by atoms with Crippen LogP contribution in [0.15, 0.2) is 30.7 Å². The van der Waals surface area contributed by atoms with Gasteiger partial charge in [0.15, 0.2) is 0 Å². The Balaban J connectivity index is 1.36. The summed E-state index contributed by atoms with van der Waals surface area (Å²) in [5, 5.41) is 0. The minimum Gasteiger partial charge on any atom is -0.322 e. The molecule has 5 heteroatoms. The van der Waals surface area contributed by atoms with Gasteiger partial charge in [0.25, 0.3) is 0 Å². The highest BCUT2D eigenvalue weighted by molar-refractivity contribution is 5.93. The third-order valence-corrected chi connectivity index (χ3v) is 7.63. The molecule has 4 fully saturated rings. The first-order chi connectivity index (χ1) is 13.1. The molecule has 4 aliphatic carbocycles. The number of fused-ring (bicyclic) bond motifs is 3. The van der Waals surface area contributed by atoms with Crippen molar-refractivity contribution in [1.82, 2.24) is 9.55 Å². The first-order valence-corrected chi connectivity index (χ1v) is 9.93. The van der Waals surface area contributed by atoms with E-state index in [9.17, 15) is 14.0 Å². The van der Waals surface area contributed by atoms with Crippen LogP contribution in [0.4, 0.5) is 4.39 Å². The second-order valence-corrected chi connectivity index (χ2v) is 9.06. The normalized spacial score (nSPS) is 35.4. The fourth-order valence-electron chi connectivity index (χ4n) is 6.68. The van der Waals surface area contributed by atoms with Crippen LogP contribution >= 0.6 is 0 Å². The largest absolute Gasteiger partial charge is 0.322 e. The van der Waals surface area contributed by atoms with E-state index in [2.05, 4.69) is 4.98 Å². The molecular weight excluding hydrogens is 343 g/mol. The van der Waals surface area contributed by atoms with E-state index in [1.54, 1.807) is 18.6 Å². The molecule has 4 saturated carbocycles. The Labute approximate surface area is 156 Å². The Kier molecular flexibility index (Phi) is 3.00. The lowest BCUT2D eigenvalue weighted by Gasteiger charge is -2.55. The van der Waals surface area contributed by atoms with E-state index >= 15 is 0 Å². The number of carbonyl (C=O) groups excluding carboxylic acids is 2. The van der Waals surface area contributed by atoms with E-state index < -0.39 is 0 Å². The lowest BCUT2D eigenvalue weighted by atomic mass is 9.47. The van der Waals surface area contributed by atoms with Gasteiger partial charge in [-0.15, -0.1) is 0 Å². The van der Waals surface area contributed by atoms with E-state index in [4.69, 9.17) is 0 Å². The fraction of sp³-hybridized carbons (Fsp3) is 0.500. The van der Waals surface area contributed by atoms with Crippen molar-refractivity contribution in [2.75, 3.05) is 0 Å². The van der Waals surface area contributed by atoms with E-state index in [1.165, 1.54) is 6.07 Å². The molecule has 3 unspecified atom stereocenters. The predicted molar refractivity (Wildman–Crippen MR) is 96.4 cm³/mol. The minimum atomic E-state index is -0.362. The van der Waals surface area contributed by atoms with E-state index in [0.29, 0.717) is 30.1 Å². The molecule has 0 radical (unpaired) electrons. The Morgan fingerprint density at radius 1 is 1.22 bits per heavy atom. The maximum atomic E-state index is 14.7. The number of ketones is 2. The number of halogens is 1. The quantitative estimate of drug-likeness (QED) is 0.829. The van der Waals surface area contributed by atoms with Crippen molar-refractivity contribution in [2.24, 2.45) is 23.2 Å². The van der Waals surface area contributed by atoms with Gasteiger partial charge in [-0.1, -0.05) is 12.1 Å². The van der Waals surface area contributed by atoms with Crippen LogP contribution in [0.25, 0.3) is 11.3 Å². The van der Waals surface area contributed by atoms with Gasteiger partial charge in [0.1, 0.15) is 17.4 Å². The van der Waals surface area contributed by atoms with Crippen molar-refractivity contribution in [3.8, 4) is 11.3 Å². The maximum absolute atomic E-state index is 14.7. The molecule has 0 spiro atoms. The summed E-state index contributed by atoms with van der Waals surface area (Å²) in [4.78, 5) is 30.2. The molecule has 4 bridgehead atoms. The third kappa shape index (κ3) is 2.00. The van der Waals surface area contributed by atoms with Crippen LogP contribution in [0, 0.1) is 29.0 Å². The summed E-state index contributed by atoms with van der Waals surface area (Å²) in [6, 6.07) is 4.76. The molecule has 1 aromatic carbocycles. The molecule has 138 valence electrons. The molecular formula is C22H21FN2O2. The molecule has 1 aliphatic heterocycles. The zero-order valence-electron chi connectivity index (χ0n) is 15.0. The topological polar surface area (TPSA) is 52.0 Å². The van der Waals surface area contributed by atoms with E-state index in [1.807, 2.05) is 10.6 Å². The van der Waals surface area contributed by atoms with Crippen LogP contribution in [0.2, 0.25) is 0 Å². The van der Waals surface area contributed by atoms with Gasteiger partial charge in [0, 0.05) is 34.8 Å². The summed E-state index contributed by atoms with van der Waals surface area (Å²) in [5.74, 6) is 1.03. The van der Waals surface area contributed by atoms with Gasteiger partial charge in [-0.25, -0.2) is 9.37 Å². The molecule has 2 aromatic rings. The SMILES string of the molecule is O=C1C2CC3CC1CC(C(=O)CC1c4c(F)cccc4-c4cncn41)(C3)C2. The number of hydrogen-bond donors (Lipinski definition) is 0. The monoisotopic (exact) mass is 364 g/mol. The van der Waals surface area contributed by atoms with Gasteiger partial charge in [0.2, 0.25) is 0 Å².